The molecule has 0 amide bonds. The molecule has 0 fully saturated rings. The fourth-order valence-electron chi connectivity index (χ4n) is 2.15. The van der Waals surface area contributed by atoms with Crippen LogP contribution in [0.2, 0.25) is 0 Å². The molecule has 0 bridgehead atoms. The number of likely N-dealkylation sites (N-methyl/N-ethyl adjacent to an activating group) is 2. The fraction of sp³-hybridized carbons (Fsp3) is 0.933. The van der Waals surface area contributed by atoms with Gasteiger partial charge in [-0.2, -0.15) is 0 Å². The minimum atomic E-state index is -0.792. The highest BCUT2D eigenvalue weighted by Crippen LogP contribution is 2.14. The zero-order valence-corrected chi connectivity index (χ0v) is 13.9. The van der Waals surface area contributed by atoms with Gasteiger partial charge in [0, 0.05) is 13.1 Å². The molecule has 0 aromatic carbocycles. The van der Waals surface area contributed by atoms with Gasteiger partial charge in [-0.1, -0.05) is 6.92 Å². The van der Waals surface area contributed by atoms with E-state index in [4.69, 9.17) is 0 Å². The van der Waals surface area contributed by atoms with Gasteiger partial charge >= 0.3 is 5.97 Å². The molecular weight excluding hydrogens is 254 g/mol. The Morgan fingerprint density at radius 1 is 1.15 bits per heavy atom. The molecule has 1 atom stereocenters. The maximum atomic E-state index is 11.2. The average Bonchev–Trinajstić information content (AvgIpc) is 2.39. The summed E-state index contributed by atoms with van der Waals surface area (Å²) < 4.78 is 0. The molecule has 1 unspecified atom stereocenters. The van der Waals surface area contributed by atoms with Crippen LogP contribution in [0.5, 0.6) is 0 Å². The number of carboxylic acids is 1. The Balaban J connectivity index is 4.01. The highest BCUT2D eigenvalue weighted by molar-refractivity contribution is 5.78. The Bertz CT molecular complexity index is 272. The number of carboxylic acid groups (broad SMARTS) is 1. The van der Waals surface area contributed by atoms with Gasteiger partial charge in [0.1, 0.15) is 5.54 Å². The monoisotopic (exact) mass is 287 g/mol. The minimum absolute atomic E-state index is 0.673. The molecule has 0 aliphatic carbocycles. The molecule has 0 aliphatic rings. The van der Waals surface area contributed by atoms with Crippen LogP contribution in [-0.2, 0) is 4.79 Å². The lowest BCUT2D eigenvalue weighted by Crippen LogP contribution is -2.47. The second-order valence-corrected chi connectivity index (χ2v) is 5.99. The molecule has 5 nitrogen and oxygen atoms in total. The van der Waals surface area contributed by atoms with Gasteiger partial charge in [-0.25, -0.2) is 0 Å². The summed E-state index contributed by atoms with van der Waals surface area (Å²) in [7, 11) is 5.90. The van der Waals surface area contributed by atoms with E-state index in [-0.39, 0.29) is 0 Å². The molecular formula is C15H33N3O2. The van der Waals surface area contributed by atoms with Gasteiger partial charge in [0.05, 0.1) is 0 Å². The molecule has 20 heavy (non-hydrogen) atoms. The topological polar surface area (TPSA) is 55.8 Å². The second kappa shape index (κ2) is 10.1. The summed E-state index contributed by atoms with van der Waals surface area (Å²) in [5.74, 6) is -0.766. The third kappa shape index (κ3) is 7.82. The molecule has 0 aliphatic heterocycles. The number of carbonyl (C=O) groups is 1. The Kier molecular flexibility index (Phi) is 9.80. The predicted octanol–water partition coefficient (Wildman–Crippen LogP) is 1.49. The standard InChI is InChI=1S/C15H33N3O2/c1-6-10-18(13-12-17(4)5)11-8-7-9-15(2,16-3)14(19)20/h16H,6-13H2,1-5H3,(H,19,20). The summed E-state index contributed by atoms with van der Waals surface area (Å²) in [5.41, 5.74) is -0.792. The molecule has 0 saturated heterocycles. The van der Waals surface area contributed by atoms with E-state index >= 15 is 0 Å². The number of rotatable bonds is 12. The molecule has 2 N–H and O–H groups in total. The zero-order chi connectivity index (χ0) is 15.6. The number of nitrogens with zero attached hydrogens (tertiary/aromatic N) is 2. The maximum absolute atomic E-state index is 11.2. The van der Waals surface area contributed by atoms with E-state index in [1.165, 1.54) is 0 Å². The second-order valence-electron chi connectivity index (χ2n) is 5.99. The zero-order valence-electron chi connectivity index (χ0n) is 13.9. The Hall–Kier alpha value is -0.650. The van der Waals surface area contributed by atoms with Gasteiger partial charge in [0.25, 0.3) is 0 Å². The smallest absolute Gasteiger partial charge is 0.323 e. The van der Waals surface area contributed by atoms with Crippen LogP contribution in [0.4, 0.5) is 0 Å². The molecule has 120 valence electrons. The van der Waals surface area contributed by atoms with Crippen molar-refractivity contribution in [3.8, 4) is 0 Å². The molecule has 0 spiro atoms. The number of unbranched alkanes of at least 4 members (excludes halogenated alkanes) is 1. The van der Waals surface area contributed by atoms with Crippen molar-refractivity contribution in [1.82, 2.24) is 15.1 Å². The number of hydrogen-bond acceptors (Lipinski definition) is 4. The van der Waals surface area contributed by atoms with Gasteiger partial charge < -0.3 is 20.2 Å². The minimum Gasteiger partial charge on any atom is -0.480 e. The van der Waals surface area contributed by atoms with E-state index < -0.39 is 11.5 Å². The SMILES string of the molecule is CCCN(CCCCC(C)(NC)C(=O)O)CCN(C)C. The van der Waals surface area contributed by atoms with Crippen molar-refractivity contribution in [2.45, 2.75) is 45.1 Å². The first-order valence-corrected chi connectivity index (χ1v) is 7.65. The van der Waals surface area contributed by atoms with Crippen molar-refractivity contribution in [2.75, 3.05) is 47.3 Å². The van der Waals surface area contributed by atoms with Crippen molar-refractivity contribution < 1.29 is 9.90 Å². The van der Waals surface area contributed by atoms with E-state index in [9.17, 15) is 9.90 Å². The van der Waals surface area contributed by atoms with Crippen LogP contribution in [0, 0.1) is 0 Å². The Morgan fingerprint density at radius 2 is 1.80 bits per heavy atom. The largest absolute Gasteiger partial charge is 0.480 e. The fourth-order valence-corrected chi connectivity index (χ4v) is 2.15. The van der Waals surface area contributed by atoms with E-state index in [1.807, 2.05) is 0 Å². The van der Waals surface area contributed by atoms with Gasteiger partial charge in [0.2, 0.25) is 0 Å². The Morgan fingerprint density at radius 3 is 2.25 bits per heavy atom. The first-order chi connectivity index (χ1) is 9.35. The van der Waals surface area contributed by atoms with E-state index in [1.54, 1.807) is 14.0 Å². The quantitative estimate of drug-likeness (QED) is 0.533. The summed E-state index contributed by atoms with van der Waals surface area (Å²) >= 11 is 0. The lowest BCUT2D eigenvalue weighted by atomic mass is 9.95. The normalized spacial score (nSPS) is 14.8. The molecule has 0 saturated carbocycles. The number of nitrogens with one attached hydrogen (secondary N) is 1. The van der Waals surface area contributed by atoms with E-state index in [2.05, 4.69) is 36.1 Å². The van der Waals surface area contributed by atoms with Crippen molar-refractivity contribution in [2.24, 2.45) is 0 Å². The third-order valence-electron chi connectivity index (χ3n) is 3.83. The lowest BCUT2D eigenvalue weighted by Gasteiger charge is -2.26. The predicted molar refractivity (Wildman–Crippen MR) is 84.2 cm³/mol. The van der Waals surface area contributed by atoms with Crippen molar-refractivity contribution >= 4 is 5.97 Å². The lowest BCUT2D eigenvalue weighted by molar-refractivity contribution is -0.144. The van der Waals surface area contributed by atoms with Gasteiger partial charge in [-0.15, -0.1) is 0 Å². The van der Waals surface area contributed by atoms with Crippen molar-refractivity contribution in [3.63, 3.8) is 0 Å². The highest BCUT2D eigenvalue weighted by Gasteiger charge is 2.30. The summed E-state index contributed by atoms with van der Waals surface area (Å²) in [4.78, 5) is 15.9. The molecule has 0 rings (SSSR count). The van der Waals surface area contributed by atoms with Crippen LogP contribution in [0.3, 0.4) is 0 Å². The molecule has 0 radical (unpaired) electrons. The highest BCUT2D eigenvalue weighted by atomic mass is 16.4. The summed E-state index contributed by atoms with van der Waals surface area (Å²) in [6.07, 6.45) is 3.83. The third-order valence-corrected chi connectivity index (χ3v) is 3.83. The van der Waals surface area contributed by atoms with E-state index in [0.29, 0.717) is 6.42 Å². The summed E-state index contributed by atoms with van der Waals surface area (Å²) in [6.45, 7) is 8.29. The first kappa shape index (κ1) is 19.4. The first-order valence-electron chi connectivity index (χ1n) is 7.65. The van der Waals surface area contributed by atoms with Gasteiger partial charge in [0.15, 0.2) is 0 Å². The van der Waals surface area contributed by atoms with Crippen LogP contribution in [0.1, 0.15) is 39.5 Å². The van der Waals surface area contributed by atoms with Gasteiger partial charge in [-0.05, 0) is 66.8 Å². The van der Waals surface area contributed by atoms with Crippen LogP contribution >= 0.6 is 0 Å². The molecule has 0 heterocycles. The number of hydrogen-bond donors (Lipinski definition) is 2. The average molecular weight is 287 g/mol. The maximum Gasteiger partial charge on any atom is 0.323 e. The van der Waals surface area contributed by atoms with Crippen LogP contribution in [0.25, 0.3) is 0 Å². The van der Waals surface area contributed by atoms with Crippen LogP contribution in [0.15, 0.2) is 0 Å². The molecule has 0 aromatic heterocycles. The summed E-state index contributed by atoms with van der Waals surface area (Å²) in [6, 6.07) is 0. The molecule has 0 aromatic rings. The van der Waals surface area contributed by atoms with E-state index in [0.717, 1.165) is 45.4 Å². The van der Waals surface area contributed by atoms with Crippen molar-refractivity contribution in [3.05, 3.63) is 0 Å². The Labute approximate surface area is 124 Å². The summed E-state index contributed by atoms with van der Waals surface area (Å²) in [5, 5.41) is 12.1. The van der Waals surface area contributed by atoms with Crippen molar-refractivity contribution in [1.29, 1.82) is 0 Å². The van der Waals surface area contributed by atoms with Crippen LogP contribution in [-0.4, -0.2) is 73.7 Å². The van der Waals surface area contributed by atoms with Gasteiger partial charge in [-0.3, -0.25) is 4.79 Å². The number of aliphatic carboxylic acids is 1. The van der Waals surface area contributed by atoms with Crippen LogP contribution < -0.4 is 5.32 Å². The molecule has 5 heteroatoms.